The number of carbonyl (C=O) groups is 3. The van der Waals surface area contributed by atoms with Gasteiger partial charge in [0.05, 0.1) is 20.3 Å². The van der Waals surface area contributed by atoms with Gasteiger partial charge in [0.25, 0.3) is 0 Å². The monoisotopic (exact) mass is 451 g/mol. The van der Waals surface area contributed by atoms with Crippen molar-refractivity contribution in [3.05, 3.63) is 29.8 Å². The summed E-state index contributed by atoms with van der Waals surface area (Å²) in [5, 5.41) is 4.91. The molecule has 2 amide bonds. The lowest BCUT2D eigenvalue weighted by atomic mass is 10.0. The normalized spacial score (nSPS) is 11.1. The van der Waals surface area contributed by atoms with E-state index in [1.54, 1.807) is 0 Å². The van der Waals surface area contributed by atoms with Crippen LogP contribution in [0.15, 0.2) is 24.3 Å². The van der Waals surface area contributed by atoms with Crippen LogP contribution in [-0.2, 0) is 19.1 Å². The molecule has 0 saturated heterocycles. The largest absolute Gasteiger partial charge is 0.494 e. The molecule has 4 N–H and O–H groups in total. The van der Waals surface area contributed by atoms with Crippen LogP contribution in [-0.4, -0.2) is 50.6 Å². The van der Waals surface area contributed by atoms with Crippen molar-refractivity contribution in [3.8, 4) is 5.75 Å². The molecule has 0 bridgehead atoms. The molecule has 8 heteroatoms. The minimum absolute atomic E-state index is 0.182. The fraction of sp³-hybridized carbons (Fsp3) is 0.625. The van der Waals surface area contributed by atoms with Gasteiger partial charge in [0.1, 0.15) is 18.3 Å². The molecule has 0 saturated carbocycles. The third kappa shape index (κ3) is 15.2. The number of nitrogens with two attached hydrogens (primary N) is 1. The molecule has 0 aliphatic heterocycles. The molecule has 0 fully saturated rings. The van der Waals surface area contributed by atoms with Crippen molar-refractivity contribution in [1.29, 1.82) is 0 Å². The highest BCUT2D eigenvalue weighted by atomic mass is 16.5. The second-order valence-electron chi connectivity index (χ2n) is 7.97. The molecule has 0 aliphatic rings. The Balaban J connectivity index is 0.000000618. The van der Waals surface area contributed by atoms with E-state index in [1.165, 1.54) is 38.4 Å². The van der Waals surface area contributed by atoms with E-state index in [1.807, 2.05) is 26.0 Å². The van der Waals surface area contributed by atoms with Gasteiger partial charge in [0, 0.05) is 0 Å². The molecule has 182 valence electrons. The fourth-order valence-corrected chi connectivity index (χ4v) is 2.66. The molecular formula is C24H41N3O5. The Hall–Kier alpha value is -2.61. The summed E-state index contributed by atoms with van der Waals surface area (Å²) in [5.74, 6) is -0.161. The zero-order valence-corrected chi connectivity index (χ0v) is 20.2. The molecule has 0 heterocycles. The number of benzene rings is 1. The van der Waals surface area contributed by atoms with Gasteiger partial charge in [-0.15, -0.1) is 0 Å². The number of carbonyl (C=O) groups excluding carboxylic acids is 3. The highest BCUT2D eigenvalue weighted by molar-refractivity contribution is 5.90. The summed E-state index contributed by atoms with van der Waals surface area (Å²) in [6, 6.07) is 7.55. The molecule has 8 nitrogen and oxygen atoms in total. The Morgan fingerprint density at radius 1 is 1.06 bits per heavy atom. The number of rotatable bonds is 13. The quantitative estimate of drug-likeness (QED) is 0.313. The first-order valence-corrected chi connectivity index (χ1v) is 11.3. The van der Waals surface area contributed by atoms with E-state index < -0.39 is 23.8 Å². The second kappa shape index (κ2) is 18.0. The highest BCUT2D eigenvalue weighted by Gasteiger charge is 2.21. The molecule has 1 aromatic rings. The van der Waals surface area contributed by atoms with Crippen molar-refractivity contribution in [2.45, 2.75) is 65.8 Å². The summed E-state index contributed by atoms with van der Waals surface area (Å²) >= 11 is 0. The van der Waals surface area contributed by atoms with E-state index in [4.69, 9.17) is 10.5 Å². The van der Waals surface area contributed by atoms with Gasteiger partial charge in [-0.2, -0.15) is 0 Å². The van der Waals surface area contributed by atoms with Crippen molar-refractivity contribution in [1.82, 2.24) is 10.6 Å². The Kier molecular flexibility index (Phi) is 16.5. The third-order valence-electron chi connectivity index (χ3n) is 4.47. The second-order valence-corrected chi connectivity index (χ2v) is 7.97. The first-order valence-electron chi connectivity index (χ1n) is 11.3. The highest BCUT2D eigenvalue weighted by Crippen LogP contribution is 2.12. The molecule has 0 spiro atoms. The number of nitrogens with one attached hydrogen (secondary N) is 2. The van der Waals surface area contributed by atoms with Crippen LogP contribution in [0.4, 0.5) is 0 Å². The Bertz CT molecular complexity index is 662. The lowest BCUT2D eigenvalue weighted by Crippen LogP contribution is -2.50. The van der Waals surface area contributed by atoms with Gasteiger partial charge < -0.3 is 25.8 Å². The summed E-state index contributed by atoms with van der Waals surface area (Å²) in [4.78, 5) is 33.9. The Morgan fingerprint density at radius 2 is 1.72 bits per heavy atom. The molecule has 1 aromatic carbocycles. The van der Waals surface area contributed by atoms with Crippen LogP contribution in [0.2, 0.25) is 0 Å². The number of amides is 2. The topological polar surface area (TPSA) is 120 Å². The Labute approximate surface area is 192 Å². The average Bonchev–Trinajstić information content (AvgIpc) is 2.77. The maximum absolute atomic E-state index is 11.8. The van der Waals surface area contributed by atoms with E-state index in [0.717, 1.165) is 12.4 Å². The van der Waals surface area contributed by atoms with Crippen LogP contribution < -0.4 is 21.1 Å². The van der Waals surface area contributed by atoms with E-state index >= 15 is 0 Å². The van der Waals surface area contributed by atoms with Crippen molar-refractivity contribution in [2.24, 2.45) is 11.7 Å². The van der Waals surface area contributed by atoms with Gasteiger partial charge in [-0.1, -0.05) is 57.7 Å². The van der Waals surface area contributed by atoms with Crippen molar-refractivity contribution >= 4 is 17.8 Å². The molecule has 1 unspecified atom stereocenters. The van der Waals surface area contributed by atoms with Crippen LogP contribution in [0.5, 0.6) is 5.75 Å². The molecule has 1 atom stereocenters. The van der Waals surface area contributed by atoms with E-state index in [0.29, 0.717) is 6.42 Å². The van der Waals surface area contributed by atoms with Crippen molar-refractivity contribution in [2.75, 3.05) is 26.8 Å². The first-order chi connectivity index (χ1) is 15.2. The zero-order valence-electron chi connectivity index (χ0n) is 20.2. The number of aryl methyl sites for hydroxylation is 1. The first kappa shape index (κ1) is 29.4. The summed E-state index contributed by atoms with van der Waals surface area (Å²) in [7, 11) is 1.23. The van der Waals surface area contributed by atoms with Gasteiger partial charge in [-0.3, -0.25) is 14.4 Å². The van der Waals surface area contributed by atoms with E-state index in [9.17, 15) is 14.4 Å². The average molecular weight is 452 g/mol. The Morgan fingerprint density at radius 3 is 2.25 bits per heavy atom. The van der Waals surface area contributed by atoms with E-state index in [-0.39, 0.29) is 19.0 Å². The van der Waals surface area contributed by atoms with Crippen LogP contribution in [0.1, 0.15) is 58.4 Å². The lowest BCUT2D eigenvalue weighted by Gasteiger charge is -2.19. The van der Waals surface area contributed by atoms with Gasteiger partial charge in [-0.05, 0) is 37.8 Å². The van der Waals surface area contributed by atoms with Crippen molar-refractivity contribution < 1.29 is 23.9 Å². The summed E-state index contributed by atoms with van der Waals surface area (Å²) in [6.45, 7) is 8.61. The third-order valence-corrected chi connectivity index (χ3v) is 4.47. The molecule has 0 aliphatic carbocycles. The van der Waals surface area contributed by atoms with Gasteiger partial charge in [0.2, 0.25) is 11.8 Å². The predicted molar refractivity (Wildman–Crippen MR) is 126 cm³/mol. The SMILES string of the molecule is CCCCCCOc1ccc(C)cc1.COC(=O)CNC(=O)C(CC(C)C)NC(=O)CN. The molecule has 0 radical (unpaired) electrons. The molecule has 1 rings (SSSR count). The summed E-state index contributed by atoms with van der Waals surface area (Å²) in [6.07, 6.45) is 5.52. The van der Waals surface area contributed by atoms with Crippen LogP contribution in [0.3, 0.4) is 0 Å². The maximum atomic E-state index is 11.8. The molecular weight excluding hydrogens is 410 g/mol. The predicted octanol–water partition coefficient (Wildman–Crippen LogP) is 2.72. The minimum atomic E-state index is -0.689. The summed E-state index contributed by atoms with van der Waals surface area (Å²) < 4.78 is 10.0. The molecule has 0 aromatic heterocycles. The maximum Gasteiger partial charge on any atom is 0.325 e. The van der Waals surface area contributed by atoms with Crippen molar-refractivity contribution in [3.63, 3.8) is 0 Å². The smallest absolute Gasteiger partial charge is 0.325 e. The zero-order chi connectivity index (χ0) is 24.4. The van der Waals surface area contributed by atoms with Crippen LogP contribution >= 0.6 is 0 Å². The number of ether oxygens (including phenoxy) is 2. The lowest BCUT2D eigenvalue weighted by molar-refractivity contribution is -0.141. The number of methoxy groups -OCH3 is 1. The van der Waals surface area contributed by atoms with E-state index in [2.05, 4.69) is 41.4 Å². The van der Waals surface area contributed by atoms with Gasteiger partial charge in [-0.25, -0.2) is 0 Å². The van der Waals surface area contributed by atoms with Gasteiger partial charge >= 0.3 is 5.97 Å². The summed E-state index contributed by atoms with van der Waals surface area (Å²) in [5.41, 5.74) is 6.46. The van der Waals surface area contributed by atoms with Gasteiger partial charge in [0.15, 0.2) is 0 Å². The number of hydrogen-bond acceptors (Lipinski definition) is 6. The van der Waals surface area contributed by atoms with Crippen LogP contribution in [0, 0.1) is 12.8 Å². The minimum Gasteiger partial charge on any atom is -0.494 e. The van der Waals surface area contributed by atoms with Crippen LogP contribution in [0.25, 0.3) is 0 Å². The molecule has 32 heavy (non-hydrogen) atoms. The number of unbranched alkanes of at least 4 members (excludes halogenated alkanes) is 3. The standard InChI is InChI=1S/C13H20O.C11H21N3O4/c1-3-4-5-6-11-14-13-9-7-12(2)8-10-13;1-7(2)4-8(14-9(15)5-12)11(17)13-6-10(16)18-3/h7-10H,3-6,11H2,1-2H3;7-8H,4-6,12H2,1-3H3,(H,13,17)(H,14,15). The number of hydrogen-bond donors (Lipinski definition) is 3. The number of esters is 1. The fourth-order valence-electron chi connectivity index (χ4n) is 2.66.